The molecule has 10 heteroatoms. The first kappa shape index (κ1) is 25.3. The molecule has 1 aliphatic rings. The van der Waals surface area contributed by atoms with Crippen molar-refractivity contribution in [2.45, 2.75) is 32.4 Å². The number of nitrogens with one attached hydrogen (secondary N) is 2. The van der Waals surface area contributed by atoms with E-state index < -0.39 is 5.91 Å². The number of H-pyrrole nitrogens is 1. The largest absolute Gasteiger partial charge is 0.357 e. The van der Waals surface area contributed by atoms with E-state index in [-0.39, 0.29) is 42.1 Å². The Balaban J connectivity index is 1.47. The third-order valence-corrected chi connectivity index (χ3v) is 7.37. The number of hydrogen-bond acceptors (Lipinski definition) is 5. The lowest BCUT2D eigenvalue weighted by Crippen LogP contribution is -2.38. The van der Waals surface area contributed by atoms with E-state index in [2.05, 4.69) is 22.0 Å². The second-order valence-corrected chi connectivity index (χ2v) is 10.2. The van der Waals surface area contributed by atoms with Gasteiger partial charge >= 0.3 is 0 Å². The number of aromatic amines is 1. The molecule has 0 bridgehead atoms. The normalized spacial score (nSPS) is 14.7. The number of nitrogens with zero attached hydrogens (tertiary/aromatic N) is 3. The number of anilines is 1. The summed E-state index contributed by atoms with van der Waals surface area (Å²) in [7, 11) is 0. The summed E-state index contributed by atoms with van der Waals surface area (Å²) < 4.78 is 15.2. The molecule has 2 amide bonds. The van der Waals surface area contributed by atoms with Crippen LogP contribution in [0.25, 0.3) is 0 Å². The first-order chi connectivity index (χ1) is 18.3. The average molecular weight is 532 g/mol. The Morgan fingerprint density at radius 1 is 1.24 bits per heavy atom. The molecule has 1 atom stereocenters. The number of benzene rings is 1. The molecule has 194 valence electrons. The van der Waals surface area contributed by atoms with Crippen LogP contribution < -0.4 is 5.32 Å². The molecular weight excluding hydrogens is 505 g/mol. The van der Waals surface area contributed by atoms with Gasteiger partial charge in [-0.3, -0.25) is 19.1 Å². The number of carbonyl (C=O) groups is 3. The number of allylic oxidation sites excluding steroid dienone is 1. The predicted octanol–water partition coefficient (Wildman–Crippen LogP) is 4.77. The topological polar surface area (TPSA) is 100 Å². The molecule has 4 aromatic rings. The summed E-state index contributed by atoms with van der Waals surface area (Å²) in [6, 6.07) is 11.4. The van der Waals surface area contributed by atoms with Crippen LogP contribution in [0.4, 0.5) is 9.39 Å². The molecule has 5 rings (SSSR count). The van der Waals surface area contributed by atoms with Gasteiger partial charge in [-0.05, 0) is 52.9 Å². The van der Waals surface area contributed by atoms with Gasteiger partial charge in [-0.15, -0.1) is 11.3 Å². The quantitative estimate of drug-likeness (QED) is 0.320. The molecule has 0 saturated heterocycles. The second kappa shape index (κ2) is 10.6. The first-order valence-corrected chi connectivity index (χ1v) is 13.0. The van der Waals surface area contributed by atoms with Crippen molar-refractivity contribution in [3.8, 4) is 0 Å². The molecule has 4 heterocycles. The maximum absolute atomic E-state index is 13.5. The fourth-order valence-corrected chi connectivity index (χ4v) is 5.53. The smallest absolute Gasteiger partial charge is 0.277 e. The number of halogens is 1. The number of ketones is 1. The van der Waals surface area contributed by atoms with E-state index in [1.54, 1.807) is 46.1 Å². The van der Waals surface area contributed by atoms with Crippen LogP contribution in [0.15, 0.2) is 66.7 Å². The van der Waals surface area contributed by atoms with Crippen LogP contribution in [0.5, 0.6) is 0 Å². The summed E-state index contributed by atoms with van der Waals surface area (Å²) in [4.78, 5) is 43.0. The average Bonchev–Trinajstić information content (AvgIpc) is 3.66. The van der Waals surface area contributed by atoms with Crippen molar-refractivity contribution in [2.24, 2.45) is 0 Å². The Morgan fingerprint density at radius 3 is 2.74 bits per heavy atom. The van der Waals surface area contributed by atoms with Crippen molar-refractivity contribution in [3.63, 3.8) is 0 Å². The van der Waals surface area contributed by atoms with Crippen LogP contribution in [-0.2, 0) is 24.3 Å². The number of amides is 2. The Bertz CT molecular complexity index is 1500. The lowest BCUT2D eigenvalue weighted by Gasteiger charge is -2.32. The lowest BCUT2D eigenvalue weighted by molar-refractivity contribution is -0.114. The number of carbonyl (C=O) groups excluding carboxylic acids is 3. The summed E-state index contributed by atoms with van der Waals surface area (Å²) in [5.41, 5.74) is 3.90. The van der Waals surface area contributed by atoms with Crippen molar-refractivity contribution >= 4 is 33.9 Å². The number of hydrogen-bond donors (Lipinski definition) is 2. The van der Waals surface area contributed by atoms with E-state index >= 15 is 0 Å². The SMILES string of the molecule is C=CC(=O)Cc1csc(NC(=O)c2nn(Cc3ccc(F)cc3)c3c2CN(C(=O)c2ccc[nH]2)C[C@H]3C)c1. The van der Waals surface area contributed by atoms with Gasteiger partial charge in [0.2, 0.25) is 0 Å². The monoisotopic (exact) mass is 531 g/mol. The lowest BCUT2D eigenvalue weighted by atomic mass is 9.95. The molecule has 0 aliphatic carbocycles. The van der Waals surface area contributed by atoms with Gasteiger partial charge in [0.05, 0.1) is 18.1 Å². The zero-order chi connectivity index (χ0) is 26.8. The van der Waals surface area contributed by atoms with E-state index in [0.717, 1.165) is 16.8 Å². The van der Waals surface area contributed by atoms with Gasteiger partial charge in [-0.2, -0.15) is 5.10 Å². The van der Waals surface area contributed by atoms with Crippen molar-refractivity contribution < 1.29 is 18.8 Å². The highest BCUT2D eigenvalue weighted by atomic mass is 32.1. The molecule has 0 radical (unpaired) electrons. The van der Waals surface area contributed by atoms with E-state index in [4.69, 9.17) is 0 Å². The number of thiophene rings is 1. The minimum Gasteiger partial charge on any atom is -0.357 e. The Hall–Kier alpha value is -4.31. The van der Waals surface area contributed by atoms with Gasteiger partial charge in [0, 0.05) is 36.3 Å². The molecule has 3 aromatic heterocycles. The molecule has 2 N–H and O–H groups in total. The van der Waals surface area contributed by atoms with Gasteiger partial charge in [0.15, 0.2) is 11.5 Å². The molecule has 1 aliphatic heterocycles. The van der Waals surface area contributed by atoms with Crippen LogP contribution in [0, 0.1) is 5.82 Å². The molecule has 0 spiro atoms. The van der Waals surface area contributed by atoms with Crippen LogP contribution in [0.3, 0.4) is 0 Å². The number of aromatic nitrogens is 3. The molecule has 0 saturated carbocycles. The molecule has 0 fully saturated rings. The van der Waals surface area contributed by atoms with Gasteiger partial charge in [0.25, 0.3) is 11.8 Å². The summed E-state index contributed by atoms with van der Waals surface area (Å²) >= 11 is 1.32. The van der Waals surface area contributed by atoms with Crippen molar-refractivity contribution in [1.82, 2.24) is 19.7 Å². The summed E-state index contributed by atoms with van der Waals surface area (Å²) in [6.45, 7) is 6.55. The predicted molar refractivity (Wildman–Crippen MR) is 143 cm³/mol. The molecule has 8 nitrogen and oxygen atoms in total. The number of fused-ring (bicyclic) bond motifs is 1. The van der Waals surface area contributed by atoms with E-state index in [1.165, 1.54) is 29.5 Å². The third kappa shape index (κ3) is 5.21. The van der Waals surface area contributed by atoms with E-state index in [9.17, 15) is 18.8 Å². The Kier molecular flexibility index (Phi) is 7.06. The van der Waals surface area contributed by atoms with Crippen LogP contribution in [0.1, 0.15) is 56.2 Å². The molecule has 1 aromatic carbocycles. The molecule has 0 unspecified atom stereocenters. The second-order valence-electron chi connectivity index (χ2n) is 9.29. The fourth-order valence-electron chi connectivity index (χ4n) is 4.72. The maximum Gasteiger partial charge on any atom is 0.277 e. The zero-order valence-electron chi connectivity index (χ0n) is 20.7. The maximum atomic E-state index is 13.5. The van der Waals surface area contributed by atoms with Gasteiger partial charge in [-0.1, -0.05) is 25.6 Å². The van der Waals surface area contributed by atoms with Gasteiger partial charge in [0.1, 0.15) is 11.5 Å². The zero-order valence-corrected chi connectivity index (χ0v) is 21.6. The summed E-state index contributed by atoms with van der Waals surface area (Å²) in [5.74, 6) is -1.07. The van der Waals surface area contributed by atoms with Gasteiger partial charge < -0.3 is 15.2 Å². The minimum atomic E-state index is -0.399. The third-order valence-electron chi connectivity index (χ3n) is 6.48. The molecule has 38 heavy (non-hydrogen) atoms. The first-order valence-electron chi connectivity index (χ1n) is 12.1. The highest BCUT2D eigenvalue weighted by Gasteiger charge is 2.34. The number of rotatable bonds is 8. The Labute approximate surface area is 222 Å². The standard InChI is InChI=1S/C28H26FN5O3S/c1-3-21(35)11-19-12-24(38-16-19)31-27(36)25-22-15-33(28(37)23-5-4-10-30-23)13-17(2)26(22)34(32-25)14-18-6-8-20(29)9-7-18/h3-10,12,16-17,30H,1,11,13-15H2,2H3,(H,31,36)/t17-/m1/s1. The highest BCUT2D eigenvalue weighted by molar-refractivity contribution is 7.14. The summed E-state index contributed by atoms with van der Waals surface area (Å²) in [5, 5.41) is 9.99. The van der Waals surface area contributed by atoms with E-state index in [1.807, 2.05) is 12.3 Å². The van der Waals surface area contributed by atoms with Crippen LogP contribution >= 0.6 is 11.3 Å². The minimum absolute atomic E-state index is 0.0922. The fraction of sp³-hybridized carbons (Fsp3) is 0.214. The van der Waals surface area contributed by atoms with Crippen molar-refractivity contribution in [3.05, 3.63) is 106 Å². The van der Waals surface area contributed by atoms with Crippen LogP contribution in [0.2, 0.25) is 0 Å². The Morgan fingerprint density at radius 2 is 2.03 bits per heavy atom. The van der Waals surface area contributed by atoms with Crippen LogP contribution in [-0.4, -0.2) is 43.8 Å². The van der Waals surface area contributed by atoms with Crippen molar-refractivity contribution in [2.75, 3.05) is 11.9 Å². The summed E-state index contributed by atoms with van der Waals surface area (Å²) in [6.07, 6.45) is 3.19. The van der Waals surface area contributed by atoms with Crippen molar-refractivity contribution in [1.29, 1.82) is 0 Å². The van der Waals surface area contributed by atoms with Gasteiger partial charge in [-0.25, -0.2) is 4.39 Å². The van der Waals surface area contributed by atoms with E-state index in [0.29, 0.717) is 29.3 Å². The molecular formula is C28H26FN5O3S. The highest BCUT2D eigenvalue weighted by Crippen LogP contribution is 2.33.